The maximum absolute atomic E-state index is 12.8. The summed E-state index contributed by atoms with van der Waals surface area (Å²) in [6, 6.07) is 12.2. The van der Waals surface area contributed by atoms with Crippen molar-refractivity contribution in [3.05, 3.63) is 68.3 Å². The molecule has 0 saturated heterocycles. The van der Waals surface area contributed by atoms with Crippen LogP contribution in [-0.2, 0) is 0 Å². The number of benzene rings is 2. The molecule has 4 aromatic rings. The molecule has 5 nitrogen and oxygen atoms in total. The molecule has 136 valence electrons. The first-order valence-electron chi connectivity index (χ1n) is 8.09. The second-order valence-electron chi connectivity index (χ2n) is 5.99. The van der Waals surface area contributed by atoms with E-state index in [1.807, 2.05) is 19.1 Å². The van der Waals surface area contributed by atoms with Crippen LogP contribution in [0, 0.1) is 6.92 Å². The lowest BCUT2D eigenvalue weighted by atomic mass is 10.2. The number of rotatable bonds is 3. The number of carbonyl (C=O) groups excluding carboxylic acids is 1. The van der Waals surface area contributed by atoms with Gasteiger partial charge < -0.3 is 14.5 Å². The smallest absolute Gasteiger partial charge is 0.345 e. The monoisotopic (exact) mass is 399 g/mol. The number of thiophene rings is 1. The summed E-state index contributed by atoms with van der Waals surface area (Å²) in [4.78, 5) is 25.4. The lowest BCUT2D eigenvalue weighted by Crippen LogP contribution is -2.11. The van der Waals surface area contributed by atoms with E-state index in [4.69, 9.17) is 20.8 Å². The molecule has 2 aromatic carbocycles. The lowest BCUT2D eigenvalue weighted by Gasteiger charge is -2.11. The van der Waals surface area contributed by atoms with Crippen LogP contribution >= 0.6 is 22.9 Å². The highest BCUT2D eigenvalue weighted by Gasteiger charge is 2.17. The number of para-hydroxylation sites is 1. The van der Waals surface area contributed by atoms with Crippen LogP contribution in [0.1, 0.15) is 15.2 Å². The third kappa shape index (κ3) is 3.07. The largest absolute Gasteiger partial charge is 0.495 e. The van der Waals surface area contributed by atoms with Gasteiger partial charge in [-0.05, 0) is 36.8 Å². The van der Waals surface area contributed by atoms with Crippen molar-refractivity contribution in [3.63, 3.8) is 0 Å². The second kappa shape index (κ2) is 6.72. The molecular weight excluding hydrogens is 386 g/mol. The quantitative estimate of drug-likeness (QED) is 0.479. The molecule has 0 aliphatic heterocycles. The number of amides is 1. The second-order valence-corrected chi connectivity index (χ2v) is 7.45. The Hall–Kier alpha value is -2.83. The first-order valence-corrected chi connectivity index (χ1v) is 9.28. The molecular formula is C20H14ClNO4S. The summed E-state index contributed by atoms with van der Waals surface area (Å²) in [7, 11) is 1.51. The van der Waals surface area contributed by atoms with Gasteiger partial charge in [0, 0.05) is 16.5 Å². The third-order valence-electron chi connectivity index (χ3n) is 4.24. The Labute approximate surface area is 163 Å². The molecule has 0 fully saturated rings. The van der Waals surface area contributed by atoms with Gasteiger partial charge in [0.05, 0.1) is 27.8 Å². The molecule has 0 aliphatic rings. The summed E-state index contributed by atoms with van der Waals surface area (Å²) in [5, 5.41) is 4.57. The molecule has 4 rings (SSSR count). The van der Waals surface area contributed by atoms with Crippen molar-refractivity contribution in [3.8, 4) is 5.75 Å². The summed E-state index contributed by atoms with van der Waals surface area (Å²) in [6.07, 6.45) is 0. The summed E-state index contributed by atoms with van der Waals surface area (Å²) in [6.45, 7) is 1.84. The molecule has 0 spiro atoms. The van der Waals surface area contributed by atoms with Gasteiger partial charge >= 0.3 is 5.63 Å². The molecule has 7 heteroatoms. The Morgan fingerprint density at radius 3 is 2.74 bits per heavy atom. The normalized spacial score (nSPS) is 11.1. The summed E-state index contributed by atoms with van der Waals surface area (Å²) in [5.74, 6) is 0.129. The first-order chi connectivity index (χ1) is 13.0. The Morgan fingerprint density at radius 2 is 1.96 bits per heavy atom. The number of hydrogen-bond donors (Lipinski definition) is 1. The van der Waals surface area contributed by atoms with Gasteiger partial charge in [-0.25, -0.2) is 4.79 Å². The minimum Gasteiger partial charge on any atom is -0.495 e. The Kier molecular flexibility index (Phi) is 4.37. The highest BCUT2D eigenvalue weighted by atomic mass is 35.5. The minimum absolute atomic E-state index is 0.334. The number of methoxy groups -OCH3 is 1. The van der Waals surface area contributed by atoms with Crippen LogP contribution in [0.3, 0.4) is 0 Å². The van der Waals surface area contributed by atoms with Crippen molar-refractivity contribution in [2.75, 3.05) is 12.4 Å². The van der Waals surface area contributed by atoms with Crippen LogP contribution < -0.4 is 15.7 Å². The first kappa shape index (κ1) is 17.6. The van der Waals surface area contributed by atoms with Crippen molar-refractivity contribution in [1.29, 1.82) is 0 Å². The molecule has 0 bridgehead atoms. The fourth-order valence-corrected chi connectivity index (χ4v) is 4.09. The summed E-state index contributed by atoms with van der Waals surface area (Å²) < 4.78 is 11.4. The van der Waals surface area contributed by atoms with Gasteiger partial charge in [0.25, 0.3) is 5.91 Å². The topological polar surface area (TPSA) is 68.5 Å². The third-order valence-corrected chi connectivity index (χ3v) is 5.81. The zero-order chi connectivity index (χ0) is 19.1. The maximum Gasteiger partial charge on any atom is 0.345 e. The van der Waals surface area contributed by atoms with E-state index in [0.717, 1.165) is 15.6 Å². The van der Waals surface area contributed by atoms with Gasteiger partial charge in [-0.1, -0.05) is 23.7 Å². The number of ether oxygens (including phenoxy) is 1. The van der Waals surface area contributed by atoms with Crippen molar-refractivity contribution < 1.29 is 13.9 Å². The minimum atomic E-state index is -0.459. The van der Waals surface area contributed by atoms with Crippen LogP contribution in [0.2, 0.25) is 5.02 Å². The standard InChI is InChI=1S/C20H14ClNO4S/c1-10-7-14(16(25-2)9-13(10)21)22-19(23)17-8-12-18(27-17)11-5-3-4-6-15(11)26-20(12)24/h3-9H,1-2H3,(H,22,23). The predicted octanol–water partition coefficient (Wildman–Crippen LogP) is 5.23. The molecule has 2 heterocycles. The van der Waals surface area contributed by atoms with Gasteiger partial charge in [0.15, 0.2) is 0 Å². The van der Waals surface area contributed by atoms with E-state index in [1.165, 1.54) is 18.4 Å². The summed E-state index contributed by atoms with van der Waals surface area (Å²) in [5.41, 5.74) is 1.37. The van der Waals surface area contributed by atoms with Gasteiger partial charge in [-0.15, -0.1) is 11.3 Å². The number of hydrogen-bond acceptors (Lipinski definition) is 5. The van der Waals surface area contributed by atoms with E-state index in [-0.39, 0.29) is 5.91 Å². The predicted molar refractivity (Wildman–Crippen MR) is 109 cm³/mol. The SMILES string of the molecule is COc1cc(Cl)c(C)cc1NC(=O)c1cc2c(=O)oc3ccccc3c2s1. The van der Waals surface area contributed by atoms with E-state index < -0.39 is 5.63 Å². The van der Waals surface area contributed by atoms with E-state index in [2.05, 4.69) is 5.32 Å². The van der Waals surface area contributed by atoms with E-state index in [1.54, 1.807) is 30.3 Å². The Bertz CT molecular complexity index is 1260. The average Bonchev–Trinajstić information content (AvgIpc) is 3.11. The molecule has 2 aromatic heterocycles. The molecule has 1 amide bonds. The van der Waals surface area contributed by atoms with Crippen LogP contribution in [0.25, 0.3) is 21.1 Å². The van der Waals surface area contributed by atoms with Gasteiger partial charge in [0.2, 0.25) is 0 Å². The lowest BCUT2D eigenvalue weighted by molar-refractivity contribution is 0.103. The zero-order valence-corrected chi connectivity index (χ0v) is 16.0. The fraction of sp³-hybridized carbons (Fsp3) is 0.100. The number of fused-ring (bicyclic) bond motifs is 3. The van der Waals surface area contributed by atoms with Crippen molar-refractivity contribution in [2.24, 2.45) is 0 Å². The molecule has 0 aliphatic carbocycles. The maximum atomic E-state index is 12.8. The Balaban J connectivity index is 1.78. The van der Waals surface area contributed by atoms with Crippen LogP contribution in [0.15, 0.2) is 51.7 Å². The van der Waals surface area contributed by atoms with Crippen LogP contribution in [0.4, 0.5) is 5.69 Å². The van der Waals surface area contributed by atoms with E-state index >= 15 is 0 Å². The molecule has 1 N–H and O–H groups in total. The Morgan fingerprint density at radius 1 is 1.19 bits per heavy atom. The molecule has 0 atom stereocenters. The van der Waals surface area contributed by atoms with Crippen LogP contribution in [0.5, 0.6) is 5.75 Å². The van der Waals surface area contributed by atoms with E-state index in [0.29, 0.717) is 32.3 Å². The summed E-state index contributed by atoms with van der Waals surface area (Å²) >= 11 is 7.36. The number of carbonyl (C=O) groups is 1. The van der Waals surface area contributed by atoms with E-state index in [9.17, 15) is 9.59 Å². The molecule has 27 heavy (non-hydrogen) atoms. The molecule has 0 saturated carbocycles. The number of halogens is 1. The fourth-order valence-electron chi connectivity index (χ4n) is 2.87. The van der Waals surface area contributed by atoms with Crippen molar-refractivity contribution >= 4 is 55.6 Å². The van der Waals surface area contributed by atoms with Crippen LogP contribution in [-0.4, -0.2) is 13.0 Å². The molecule has 0 unspecified atom stereocenters. The van der Waals surface area contributed by atoms with Crippen molar-refractivity contribution in [1.82, 2.24) is 0 Å². The van der Waals surface area contributed by atoms with Crippen molar-refractivity contribution in [2.45, 2.75) is 6.92 Å². The van der Waals surface area contributed by atoms with Gasteiger partial charge in [-0.2, -0.15) is 0 Å². The highest BCUT2D eigenvalue weighted by molar-refractivity contribution is 7.21. The highest BCUT2D eigenvalue weighted by Crippen LogP contribution is 2.33. The van der Waals surface area contributed by atoms with Gasteiger partial charge in [0.1, 0.15) is 11.3 Å². The number of aryl methyl sites for hydroxylation is 1. The average molecular weight is 400 g/mol. The van der Waals surface area contributed by atoms with Gasteiger partial charge in [-0.3, -0.25) is 4.79 Å². The zero-order valence-electron chi connectivity index (χ0n) is 14.5. The number of anilines is 1. The number of nitrogens with one attached hydrogen (secondary N) is 1. The molecule has 0 radical (unpaired) electrons.